The van der Waals surface area contributed by atoms with Gasteiger partial charge in [0.2, 0.25) is 0 Å². The molecule has 0 bridgehead atoms. The molecule has 8 heteroatoms. The summed E-state index contributed by atoms with van der Waals surface area (Å²) in [7, 11) is 5.87. The number of nitrogens with one attached hydrogen (secondary N) is 2. The molecule has 0 unspecified atom stereocenters. The number of aromatic nitrogens is 1. The first-order valence-corrected chi connectivity index (χ1v) is 11.0. The van der Waals surface area contributed by atoms with Gasteiger partial charge in [-0.25, -0.2) is 4.98 Å². The zero-order valence-corrected chi connectivity index (χ0v) is 20.3. The predicted molar refractivity (Wildman–Crippen MR) is 129 cm³/mol. The number of halogens is 1. The van der Waals surface area contributed by atoms with Crippen LogP contribution in [-0.2, 0) is 12.0 Å². The van der Waals surface area contributed by atoms with E-state index in [1.54, 1.807) is 11.3 Å². The van der Waals surface area contributed by atoms with Gasteiger partial charge in [-0.3, -0.25) is 4.99 Å². The van der Waals surface area contributed by atoms with Crippen molar-refractivity contribution in [1.82, 2.24) is 15.6 Å². The lowest BCUT2D eigenvalue weighted by atomic mass is 9.73. The van der Waals surface area contributed by atoms with Gasteiger partial charge in [0.1, 0.15) is 0 Å². The van der Waals surface area contributed by atoms with E-state index in [1.807, 2.05) is 37.4 Å². The fourth-order valence-corrected chi connectivity index (χ4v) is 5.30. The highest BCUT2D eigenvalue weighted by molar-refractivity contribution is 14.0. The van der Waals surface area contributed by atoms with E-state index in [4.69, 9.17) is 0 Å². The molecule has 1 fully saturated rings. The summed E-state index contributed by atoms with van der Waals surface area (Å²) in [4.78, 5) is 12.6. The smallest absolute Gasteiger partial charge is 0.191 e. The quantitative estimate of drug-likeness (QED) is 0.336. The molecule has 0 atom stereocenters. The first-order chi connectivity index (χ1) is 12.6. The summed E-state index contributed by atoms with van der Waals surface area (Å²) in [6.45, 7) is 1.63. The molecule has 5 nitrogen and oxygen atoms in total. The van der Waals surface area contributed by atoms with Crippen molar-refractivity contribution in [2.45, 2.75) is 44.1 Å². The summed E-state index contributed by atoms with van der Waals surface area (Å²) < 4.78 is 0. The van der Waals surface area contributed by atoms with Gasteiger partial charge >= 0.3 is 0 Å². The zero-order valence-electron chi connectivity index (χ0n) is 16.3. The predicted octanol–water partition coefficient (Wildman–Crippen LogP) is 4.46. The molecule has 3 rings (SSSR count). The Bertz CT molecular complexity index is 706. The second-order valence-electron chi connectivity index (χ2n) is 7.11. The van der Waals surface area contributed by atoms with Gasteiger partial charge in [-0.1, -0.05) is 25.3 Å². The summed E-state index contributed by atoms with van der Waals surface area (Å²) in [5, 5.41) is 12.3. The minimum absolute atomic E-state index is 0. The third-order valence-corrected chi connectivity index (χ3v) is 7.20. The number of nitrogens with zero attached hydrogens (tertiary/aromatic N) is 3. The Hall–Kier alpha value is -0.870. The molecule has 0 aromatic carbocycles. The van der Waals surface area contributed by atoms with E-state index in [-0.39, 0.29) is 29.4 Å². The minimum Gasteiger partial charge on any atom is -0.355 e. The van der Waals surface area contributed by atoms with Crippen LogP contribution in [0.5, 0.6) is 0 Å². The van der Waals surface area contributed by atoms with Gasteiger partial charge in [-0.05, 0) is 24.3 Å². The van der Waals surface area contributed by atoms with Crippen molar-refractivity contribution < 1.29 is 0 Å². The molecule has 2 N–H and O–H groups in total. The van der Waals surface area contributed by atoms with Crippen molar-refractivity contribution in [2.24, 2.45) is 4.99 Å². The van der Waals surface area contributed by atoms with Gasteiger partial charge in [0, 0.05) is 43.4 Å². The highest BCUT2D eigenvalue weighted by Crippen LogP contribution is 2.41. The topological polar surface area (TPSA) is 52.6 Å². The second kappa shape index (κ2) is 10.6. The lowest BCUT2D eigenvalue weighted by Crippen LogP contribution is -2.46. The van der Waals surface area contributed by atoms with Gasteiger partial charge in [0.25, 0.3) is 0 Å². The molecule has 0 aliphatic heterocycles. The van der Waals surface area contributed by atoms with Crippen LogP contribution >= 0.6 is 46.7 Å². The van der Waals surface area contributed by atoms with Crippen LogP contribution in [0, 0.1) is 0 Å². The molecular formula is C19H30IN5S2. The highest BCUT2D eigenvalue weighted by Gasteiger charge is 2.34. The minimum atomic E-state index is 0. The Balaban J connectivity index is 0.00000261. The summed E-state index contributed by atoms with van der Waals surface area (Å²) in [5.41, 5.74) is 1.30. The molecule has 0 radical (unpaired) electrons. The van der Waals surface area contributed by atoms with Gasteiger partial charge < -0.3 is 15.5 Å². The van der Waals surface area contributed by atoms with E-state index >= 15 is 0 Å². The van der Waals surface area contributed by atoms with Crippen LogP contribution in [-0.4, -0.2) is 38.6 Å². The first-order valence-electron chi connectivity index (χ1n) is 9.23. The Kier molecular flexibility index (Phi) is 8.81. The number of thiophene rings is 1. The molecular weight excluding hydrogens is 489 g/mol. The van der Waals surface area contributed by atoms with Gasteiger partial charge in [0.15, 0.2) is 11.1 Å². The maximum atomic E-state index is 4.62. The average molecular weight is 520 g/mol. The van der Waals surface area contributed by atoms with E-state index in [2.05, 4.69) is 43.5 Å². The number of rotatable bonds is 6. The Labute approximate surface area is 187 Å². The summed E-state index contributed by atoms with van der Waals surface area (Å²) in [5.74, 6) is 0.853. The van der Waals surface area contributed by atoms with Crippen LogP contribution in [0.25, 0.3) is 0 Å². The number of guanidine groups is 1. The molecule has 150 valence electrons. The molecule has 0 spiro atoms. The van der Waals surface area contributed by atoms with Crippen molar-refractivity contribution in [3.05, 3.63) is 33.5 Å². The molecule has 27 heavy (non-hydrogen) atoms. The van der Waals surface area contributed by atoms with Crippen LogP contribution < -0.4 is 15.5 Å². The monoisotopic (exact) mass is 519 g/mol. The van der Waals surface area contributed by atoms with E-state index in [0.717, 1.165) is 23.3 Å². The van der Waals surface area contributed by atoms with Crippen LogP contribution in [0.1, 0.15) is 42.7 Å². The van der Waals surface area contributed by atoms with E-state index in [1.165, 1.54) is 37.0 Å². The van der Waals surface area contributed by atoms with Crippen molar-refractivity contribution in [2.75, 3.05) is 32.6 Å². The normalized spacial score (nSPS) is 16.5. The van der Waals surface area contributed by atoms with Crippen molar-refractivity contribution in [1.29, 1.82) is 0 Å². The lowest BCUT2D eigenvalue weighted by Gasteiger charge is -2.37. The molecule has 0 amide bonds. The first kappa shape index (κ1) is 22.4. The van der Waals surface area contributed by atoms with Crippen LogP contribution in [0.2, 0.25) is 0 Å². The zero-order chi connectivity index (χ0) is 18.4. The fraction of sp³-hybridized carbons (Fsp3) is 0.579. The standard InChI is InChI=1S/C19H29N5S2.HI/c1-20-17(21-12-15-13-26-18(23-15)24(2)3)22-14-19(9-5-4-6-10-19)16-8-7-11-25-16;/h7-8,11,13H,4-6,9-10,12,14H2,1-3H3,(H2,20,21,22);1H. The third kappa shape index (κ3) is 5.80. The Morgan fingerprint density at radius 3 is 2.59 bits per heavy atom. The SMILES string of the molecule is CN=C(NCc1csc(N(C)C)n1)NCC1(c2cccs2)CCCCC1.I. The summed E-state index contributed by atoms with van der Waals surface area (Å²) in [6.07, 6.45) is 6.51. The van der Waals surface area contributed by atoms with E-state index in [0.29, 0.717) is 6.54 Å². The number of hydrogen-bond donors (Lipinski definition) is 2. The molecule has 1 aliphatic carbocycles. The maximum absolute atomic E-state index is 4.62. The maximum Gasteiger partial charge on any atom is 0.191 e. The molecule has 2 heterocycles. The van der Waals surface area contributed by atoms with Gasteiger partial charge in [0.05, 0.1) is 12.2 Å². The van der Waals surface area contributed by atoms with E-state index in [9.17, 15) is 0 Å². The van der Waals surface area contributed by atoms with Crippen LogP contribution in [0.15, 0.2) is 27.9 Å². The fourth-order valence-electron chi connectivity index (χ4n) is 3.55. The average Bonchev–Trinajstić information content (AvgIpc) is 3.35. The molecule has 1 aliphatic rings. The van der Waals surface area contributed by atoms with Gasteiger partial charge in [-0.15, -0.1) is 46.7 Å². The largest absolute Gasteiger partial charge is 0.355 e. The summed E-state index contributed by atoms with van der Waals surface area (Å²) >= 11 is 3.56. The van der Waals surface area contributed by atoms with Crippen molar-refractivity contribution in [3.8, 4) is 0 Å². The lowest BCUT2D eigenvalue weighted by molar-refractivity contribution is 0.296. The molecule has 1 saturated carbocycles. The molecule has 2 aromatic rings. The highest BCUT2D eigenvalue weighted by atomic mass is 127. The summed E-state index contributed by atoms with van der Waals surface area (Å²) in [6, 6.07) is 4.47. The number of hydrogen-bond acceptors (Lipinski definition) is 5. The van der Waals surface area contributed by atoms with Crippen molar-refractivity contribution in [3.63, 3.8) is 0 Å². The van der Waals surface area contributed by atoms with E-state index < -0.39 is 0 Å². The van der Waals surface area contributed by atoms with Crippen LogP contribution in [0.4, 0.5) is 5.13 Å². The Morgan fingerprint density at radius 1 is 1.22 bits per heavy atom. The van der Waals surface area contributed by atoms with Gasteiger partial charge in [-0.2, -0.15) is 0 Å². The third-order valence-electron chi connectivity index (χ3n) is 5.03. The number of anilines is 1. The number of aliphatic imine (C=N–C) groups is 1. The molecule has 2 aromatic heterocycles. The van der Waals surface area contributed by atoms with Crippen molar-refractivity contribution >= 4 is 57.7 Å². The molecule has 0 saturated heterocycles. The Morgan fingerprint density at radius 2 is 2.00 bits per heavy atom. The number of thiazole rings is 1. The second-order valence-corrected chi connectivity index (χ2v) is 8.90. The van der Waals surface area contributed by atoms with Crippen LogP contribution in [0.3, 0.4) is 0 Å².